The summed E-state index contributed by atoms with van der Waals surface area (Å²) in [7, 11) is 0. The lowest BCUT2D eigenvalue weighted by atomic mass is 9.86. The standard InChI is InChI=1S/C28H38INO5S/c1-28(2,3)14-12-23-16-24(25(36-23)27(32)33)30(26(31)18-4-6-19(29)7-5-18)20-8-10-21(11-9-20)35-22-13-15-34-17-22/h16,18-22H,4-11,13,15,17H2,1-3H3,(H,32,33). The van der Waals surface area contributed by atoms with E-state index in [0.29, 0.717) is 21.1 Å². The molecule has 1 amide bonds. The third-order valence-electron chi connectivity index (χ3n) is 7.25. The van der Waals surface area contributed by atoms with Crippen LogP contribution in [0.15, 0.2) is 6.07 Å². The first-order valence-electron chi connectivity index (χ1n) is 13.2. The zero-order valence-corrected chi connectivity index (χ0v) is 24.5. The first kappa shape index (κ1) is 27.9. The van der Waals surface area contributed by atoms with Crippen LogP contribution in [-0.4, -0.2) is 52.4 Å². The van der Waals surface area contributed by atoms with Crippen molar-refractivity contribution in [3.05, 3.63) is 15.8 Å². The van der Waals surface area contributed by atoms with Crippen LogP contribution < -0.4 is 4.90 Å². The van der Waals surface area contributed by atoms with Gasteiger partial charge in [-0.1, -0.05) is 34.4 Å². The van der Waals surface area contributed by atoms with E-state index in [0.717, 1.165) is 64.4 Å². The second-order valence-electron chi connectivity index (χ2n) is 11.3. The fraction of sp³-hybridized carbons (Fsp3) is 0.714. The van der Waals surface area contributed by atoms with Crippen molar-refractivity contribution < 1.29 is 24.2 Å². The van der Waals surface area contributed by atoms with Crippen LogP contribution in [0.25, 0.3) is 0 Å². The number of halogens is 1. The molecule has 1 aliphatic heterocycles. The lowest BCUT2D eigenvalue weighted by Crippen LogP contribution is -2.47. The largest absolute Gasteiger partial charge is 0.477 e. The van der Waals surface area contributed by atoms with Crippen molar-refractivity contribution in [1.82, 2.24) is 0 Å². The van der Waals surface area contributed by atoms with E-state index < -0.39 is 5.97 Å². The van der Waals surface area contributed by atoms with Gasteiger partial charge in [0.15, 0.2) is 0 Å². The Hall–Kier alpha value is -1.15. The molecular weight excluding hydrogens is 589 g/mol. The molecule has 1 saturated heterocycles. The normalized spacial score (nSPS) is 28.8. The smallest absolute Gasteiger partial charge is 0.348 e. The SMILES string of the molecule is CC(C)(C)C#Cc1cc(N(C(=O)C2CCC(I)CC2)C2CCC(OC3CCOC3)CC2)c(C(=O)O)s1. The summed E-state index contributed by atoms with van der Waals surface area (Å²) in [5, 5.41) is 10.1. The predicted octanol–water partition coefficient (Wildman–Crippen LogP) is 6.29. The first-order valence-corrected chi connectivity index (χ1v) is 15.3. The summed E-state index contributed by atoms with van der Waals surface area (Å²) < 4.78 is 12.3. The minimum Gasteiger partial charge on any atom is -0.477 e. The number of aromatic carboxylic acids is 1. The number of hydrogen-bond acceptors (Lipinski definition) is 5. The highest BCUT2D eigenvalue weighted by Crippen LogP contribution is 2.39. The van der Waals surface area contributed by atoms with Gasteiger partial charge in [0.1, 0.15) is 4.88 Å². The third kappa shape index (κ3) is 7.24. The van der Waals surface area contributed by atoms with E-state index in [1.807, 2.05) is 31.7 Å². The maximum atomic E-state index is 14.0. The van der Waals surface area contributed by atoms with Crippen LogP contribution in [-0.2, 0) is 14.3 Å². The number of amides is 1. The fourth-order valence-electron chi connectivity index (χ4n) is 5.35. The summed E-state index contributed by atoms with van der Waals surface area (Å²) in [6, 6.07) is 1.82. The van der Waals surface area contributed by atoms with Crippen molar-refractivity contribution >= 4 is 51.5 Å². The molecule has 4 rings (SSSR count). The van der Waals surface area contributed by atoms with Crippen LogP contribution in [0, 0.1) is 23.2 Å². The van der Waals surface area contributed by atoms with Gasteiger partial charge in [-0.2, -0.15) is 0 Å². The van der Waals surface area contributed by atoms with Crippen LogP contribution in [0.5, 0.6) is 0 Å². The number of carbonyl (C=O) groups is 2. The number of hydrogen-bond donors (Lipinski definition) is 1. The molecule has 1 atom stereocenters. The molecule has 2 heterocycles. The summed E-state index contributed by atoms with van der Waals surface area (Å²) in [5.74, 6) is 5.42. The number of anilines is 1. The van der Waals surface area contributed by atoms with Crippen LogP contribution in [0.1, 0.15) is 93.1 Å². The minimum absolute atomic E-state index is 0.0226. The Kier molecular flexibility index (Phi) is 9.40. The number of carboxylic acid groups (broad SMARTS) is 1. The maximum absolute atomic E-state index is 14.0. The highest BCUT2D eigenvalue weighted by atomic mass is 127. The van der Waals surface area contributed by atoms with Gasteiger partial charge in [0.2, 0.25) is 5.91 Å². The highest BCUT2D eigenvalue weighted by molar-refractivity contribution is 14.1. The fourth-order valence-corrected chi connectivity index (χ4v) is 6.91. The topological polar surface area (TPSA) is 76.1 Å². The lowest BCUT2D eigenvalue weighted by molar-refractivity contribution is -0.124. The molecule has 6 nitrogen and oxygen atoms in total. The molecule has 0 radical (unpaired) electrons. The monoisotopic (exact) mass is 627 g/mol. The van der Waals surface area contributed by atoms with Gasteiger partial charge in [-0.3, -0.25) is 4.79 Å². The Bertz CT molecular complexity index is 984. The summed E-state index contributed by atoms with van der Waals surface area (Å²) in [4.78, 5) is 29.1. The second kappa shape index (κ2) is 12.1. The average molecular weight is 628 g/mol. The van der Waals surface area contributed by atoms with Gasteiger partial charge in [0.05, 0.1) is 29.4 Å². The molecule has 2 aliphatic carbocycles. The Morgan fingerprint density at radius 2 is 1.78 bits per heavy atom. The molecule has 1 aromatic heterocycles. The molecule has 0 aromatic carbocycles. The molecule has 3 fully saturated rings. The molecule has 1 aromatic rings. The first-order chi connectivity index (χ1) is 17.1. The van der Waals surface area contributed by atoms with Crippen molar-refractivity contribution in [3.63, 3.8) is 0 Å². The Morgan fingerprint density at radius 3 is 2.36 bits per heavy atom. The van der Waals surface area contributed by atoms with Gasteiger partial charge in [0, 0.05) is 27.9 Å². The van der Waals surface area contributed by atoms with E-state index in [1.54, 1.807) is 0 Å². The summed E-state index contributed by atoms with van der Waals surface area (Å²) >= 11 is 3.66. The van der Waals surface area contributed by atoms with E-state index in [4.69, 9.17) is 9.47 Å². The minimum atomic E-state index is -0.995. The van der Waals surface area contributed by atoms with Gasteiger partial charge in [0.25, 0.3) is 0 Å². The van der Waals surface area contributed by atoms with Gasteiger partial charge >= 0.3 is 5.97 Å². The van der Waals surface area contributed by atoms with E-state index >= 15 is 0 Å². The van der Waals surface area contributed by atoms with Gasteiger partial charge in [-0.15, -0.1) is 11.3 Å². The molecule has 2 saturated carbocycles. The van der Waals surface area contributed by atoms with Crippen molar-refractivity contribution in [3.8, 4) is 11.8 Å². The van der Waals surface area contributed by atoms with Crippen molar-refractivity contribution in [2.75, 3.05) is 18.1 Å². The van der Waals surface area contributed by atoms with Gasteiger partial charge in [-0.05, 0) is 84.6 Å². The van der Waals surface area contributed by atoms with Crippen molar-refractivity contribution in [2.24, 2.45) is 11.3 Å². The maximum Gasteiger partial charge on any atom is 0.348 e. The highest BCUT2D eigenvalue weighted by Gasteiger charge is 2.38. The Balaban J connectivity index is 1.60. The zero-order valence-electron chi connectivity index (χ0n) is 21.6. The van der Waals surface area contributed by atoms with Crippen molar-refractivity contribution in [1.29, 1.82) is 0 Å². The molecule has 3 aliphatic rings. The Morgan fingerprint density at radius 1 is 1.08 bits per heavy atom. The number of nitrogens with zero attached hydrogens (tertiary/aromatic N) is 1. The summed E-state index contributed by atoms with van der Waals surface area (Å²) in [6.45, 7) is 7.52. The molecular formula is C28H38INO5S. The van der Waals surface area contributed by atoms with Gasteiger partial charge < -0.3 is 19.5 Å². The second-order valence-corrected chi connectivity index (χ2v) is 14.2. The molecule has 198 valence electrons. The molecule has 0 bridgehead atoms. The number of thiophene rings is 1. The molecule has 36 heavy (non-hydrogen) atoms. The molecule has 0 spiro atoms. The van der Waals surface area contributed by atoms with Crippen LogP contribution in [0.2, 0.25) is 0 Å². The summed E-state index contributed by atoms with van der Waals surface area (Å²) in [5.41, 5.74) is 0.338. The van der Waals surface area contributed by atoms with E-state index in [9.17, 15) is 14.7 Å². The van der Waals surface area contributed by atoms with Crippen LogP contribution >= 0.6 is 33.9 Å². The third-order valence-corrected chi connectivity index (χ3v) is 9.53. The zero-order chi connectivity index (χ0) is 25.9. The number of carboxylic acids is 1. The molecule has 1 N–H and O–H groups in total. The van der Waals surface area contributed by atoms with Crippen molar-refractivity contribution in [2.45, 2.75) is 101 Å². The summed E-state index contributed by atoms with van der Waals surface area (Å²) in [6.07, 6.45) is 8.45. The van der Waals surface area contributed by atoms with Crippen LogP contribution in [0.3, 0.4) is 0 Å². The average Bonchev–Trinajstić information content (AvgIpc) is 3.49. The molecule has 1 unspecified atom stereocenters. The van der Waals surface area contributed by atoms with E-state index in [-0.39, 0.29) is 40.4 Å². The number of carbonyl (C=O) groups excluding carboxylic acids is 1. The quantitative estimate of drug-likeness (QED) is 0.228. The number of ether oxygens (including phenoxy) is 2. The number of alkyl halides is 1. The molecule has 8 heteroatoms. The number of rotatable bonds is 6. The van der Waals surface area contributed by atoms with Crippen LogP contribution in [0.4, 0.5) is 5.69 Å². The van der Waals surface area contributed by atoms with Gasteiger partial charge in [-0.25, -0.2) is 4.79 Å². The predicted molar refractivity (Wildman–Crippen MR) is 151 cm³/mol. The van der Waals surface area contributed by atoms with E-state index in [2.05, 4.69) is 34.4 Å². The van der Waals surface area contributed by atoms with E-state index in [1.165, 1.54) is 11.3 Å². The lowest BCUT2D eigenvalue weighted by Gasteiger charge is -2.39. The Labute approximate surface area is 232 Å².